The van der Waals surface area contributed by atoms with E-state index in [0.29, 0.717) is 17.3 Å². The summed E-state index contributed by atoms with van der Waals surface area (Å²) in [5, 5.41) is 12.4. The largest absolute Gasteiger partial charge is 0.368 e. The Morgan fingerprint density at radius 1 is 1.26 bits per heavy atom. The van der Waals surface area contributed by atoms with Crippen LogP contribution >= 0.6 is 0 Å². The molecular weight excluding hydrogens is 234 g/mol. The molecule has 96 valence electrons. The number of hydrogen-bond acceptors (Lipinski definition) is 3. The van der Waals surface area contributed by atoms with E-state index in [-0.39, 0.29) is 0 Å². The zero-order valence-corrected chi connectivity index (χ0v) is 11.2. The van der Waals surface area contributed by atoms with Gasteiger partial charge in [-0.1, -0.05) is 37.3 Å². The van der Waals surface area contributed by atoms with Crippen molar-refractivity contribution in [2.24, 2.45) is 0 Å². The molecule has 1 unspecified atom stereocenters. The van der Waals surface area contributed by atoms with Gasteiger partial charge in [0.05, 0.1) is 5.56 Å². The number of anilines is 1. The summed E-state index contributed by atoms with van der Waals surface area (Å²) in [6.45, 7) is 4.84. The molecule has 0 amide bonds. The number of aryl methyl sites for hydroxylation is 1. The maximum atomic E-state index is 9.15. The first-order valence-electron chi connectivity index (χ1n) is 6.37. The van der Waals surface area contributed by atoms with Crippen molar-refractivity contribution in [2.75, 3.05) is 11.9 Å². The highest BCUT2D eigenvalue weighted by atomic mass is 15.0. The minimum atomic E-state index is 0.370. The van der Waals surface area contributed by atoms with Crippen molar-refractivity contribution in [2.45, 2.75) is 19.8 Å². The van der Waals surface area contributed by atoms with E-state index in [1.807, 2.05) is 31.2 Å². The molecule has 0 spiro atoms. The number of benzene rings is 1. The van der Waals surface area contributed by atoms with Gasteiger partial charge in [0.25, 0.3) is 0 Å². The standard InChI is InChI=1S/C16H17N3/c1-12-8-9-18-16(15(12)10-17)19-11-13(2)14-6-4-3-5-7-14/h3-9,13H,11H2,1-2H3,(H,18,19). The van der Waals surface area contributed by atoms with Gasteiger partial charge in [-0.25, -0.2) is 4.98 Å². The van der Waals surface area contributed by atoms with Crippen LogP contribution in [0, 0.1) is 18.3 Å². The smallest absolute Gasteiger partial charge is 0.144 e. The molecule has 3 nitrogen and oxygen atoms in total. The quantitative estimate of drug-likeness (QED) is 0.905. The van der Waals surface area contributed by atoms with Gasteiger partial charge in [0, 0.05) is 12.7 Å². The minimum absolute atomic E-state index is 0.370. The fourth-order valence-corrected chi connectivity index (χ4v) is 1.98. The topological polar surface area (TPSA) is 48.7 Å². The van der Waals surface area contributed by atoms with Gasteiger partial charge in [0.15, 0.2) is 0 Å². The average molecular weight is 251 g/mol. The maximum Gasteiger partial charge on any atom is 0.144 e. The number of aromatic nitrogens is 1. The third-order valence-electron chi connectivity index (χ3n) is 3.22. The Morgan fingerprint density at radius 3 is 2.68 bits per heavy atom. The number of rotatable bonds is 4. The van der Waals surface area contributed by atoms with Crippen LogP contribution in [-0.2, 0) is 0 Å². The summed E-state index contributed by atoms with van der Waals surface area (Å²) in [5.74, 6) is 1.04. The van der Waals surface area contributed by atoms with Crippen molar-refractivity contribution in [3.8, 4) is 6.07 Å². The molecule has 19 heavy (non-hydrogen) atoms. The zero-order valence-electron chi connectivity index (χ0n) is 11.2. The Bertz CT molecular complexity index is 585. The van der Waals surface area contributed by atoms with Gasteiger partial charge >= 0.3 is 0 Å². The molecule has 1 N–H and O–H groups in total. The molecule has 0 aliphatic rings. The van der Waals surface area contributed by atoms with Crippen molar-refractivity contribution in [3.05, 3.63) is 59.3 Å². The second kappa shape index (κ2) is 6.01. The van der Waals surface area contributed by atoms with Crippen LogP contribution in [-0.4, -0.2) is 11.5 Å². The summed E-state index contributed by atoms with van der Waals surface area (Å²) < 4.78 is 0. The van der Waals surface area contributed by atoms with Gasteiger partial charge in [-0.15, -0.1) is 0 Å². The van der Waals surface area contributed by atoms with E-state index in [9.17, 15) is 0 Å². The van der Waals surface area contributed by atoms with E-state index < -0.39 is 0 Å². The summed E-state index contributed by atoms with van der Waals surface area (Å²) in [5.41, 5.74) is 2.86. The molecule has 1 aromatic heterocycles. The average Bonchev–Trinajstić information content (AvgIpc) is 2.45. The number of nitrogens with one attached hydrogen (secondary N) is 1. The second-order valence-corrected chi connectivity index (χ2v) is 4.66. The molecule has 0 fully saturated rings. The first-order valence-corrected chi connectivity index (χ1v) is 6.37. The van der Waals surface area contributed by atoms with Gasteiger partial charge in [0.1, 0.15) is 11.9 Å². The molecule has 1 aromatic carbocycles. The van der Waals surface area contributed by atoms with Crippen molar-refractivity contribution < 1.29 is 0 Å². The predicted octanol–water partition coefficient (Wildman–Crippen LogP) is 3.48. The van der Waals surface area contributed by atoms with Crippen molar-refractivity contribution in [3.63, 3.8) is 0 Å². The maximum absolute atomic E-state index is 9.15. The fourth-order valence-electron chi connectivity index (χ4n) is 1.98. The first kappa shape index (κ1) is 13.1. The molecule has 0 radical (unpaired) electrons. The summed E-state index contributed by atoms with van der Waals surface area (Å²) >= 11 is 0. The lowest BCUT2D eigenvalue weighted by Gasteiger charge is -2.14. The van der Waals surface area contributed by atoms with Crippen molar-refractivity contribution in [1.29, 1.82) is 5.26 Å². The summed E-state index contributed by atoms with van der Waals surface area (Å²) in [6.07, 6.45) is 1.73. The summed E-state index contributed by atoms with van der Waals surface area (Å²) in [6, 6.07) is 14.4. The van der Waals surface area contributed by atoms with Crippen molar-refractivity contribution >= 4 is 5.82 Å². The number of pyridine rings is 1. The SMILES string of the molecule is Cc1ccnc(NCC(C)c2ccccc2)c1C#N. The highest BCUT2D eigenvalue weighted by Crippen LogP contribution is 2.18. The van der Waals surface area contributed by atoms with E-state index in [1.54, 1.807) is 6.20 Å². The Kier molecular flexibility index (Phi) is 4.15. The third kappa shape index (κ3) is 3.11. The number of nitrogens with zero attached hydrogens (tertiary/aromatic N) is 2. The Balaban J connectivity index is 2.08. The Labute approximate surface area is 113 Å². The molecule has 0 aliphatic carbocycles. The highest BCUT2D eigenvalue weighted by Gasteiger charge is 2.09. The van der Waals surface area contributed by atoms with Crippen LogP contribution in [0.4, 0.5) is 5.82 Å². The van der Waals surface area contributed by atoms with E-state index in [2.05, 4.69) is 35.4 Å². The molecule has 3 heteroatoms. The van der Waals surface area contributed by atoms with Crippen LogP contribution in [0.2, 0.25) is 0 Å². The number of nitriles is 1. The molecule has 2 rings (SSSR count). The molecule has 1 heterocycles. The lowest BCUT2D eigenvalue weighted by molar-refractivity contribution is 0.801. The van der Waals surface area contributed by atoms with Crippen LogP contribution in [0.5, 0.6) is 0 Å². The van der Waals surface area contributed by atoms with Crippen LogP contribution in [0.1, 0.15) is 29.5 Å². The number of hydrogen-bond donors (Lipinski definition) is 1. The van der Waals surface area contributed by atoms with Gasteiger partial charge < -0.3 is 5.32 Å². The monoisotopic (exact) mass is 251 g/mol. The van der Waals surface area contributed by atoms with Gasteiger partial charge in [-0.05, 0) is 30.0 Å². The van der Waals surface area contributed by atoms with E-state index in [1.165, 1.54) is 5.56 Å². The molecular formula is C16H17N3. The minimum Gasteiger partial charge on any atom is -0.368 e. The van der Waals surface area contributed by atoms with E-state index >= 15 is 0 Å². The molecule has 2 aromatic rings. The lowest BCUT2D eigenvalue weighted by atomic mass is 10.0. The van der Waals surface area contributed by atoms with Crippen LogP contribution < -0.4 is 5.32 Å². The van der Waals surface area contributed by atoms with Gasteiger partial charge in [-0.2, -0.15) is 5.26 Å². The summed E-state index contributed by atoms with van der Waals surface area (Å²) in [7, 11) is 0. The highest BCUT2D eigenvalue weighted by molar-refractivity contribution is 5.55. The van der Waals surface area contributed by atoms with Crippen LogP contribution in [0.3, 0.4) is 0 Å². The van der Waals surface area contributed by atoms with E-state index in [0.717, 1.165) is 12.1 Å². The second-order valence-electron chi connectivity index (χ2n) is 4.66. The molecule has 0 bridgehead atoms. The molecule has 0 aliphatic heterocycles. The fraction of sp³-hybridized carbons (Fsp3) is 0.250. The molecule has 1 atom stereocenters. The summed E-state index contributed by atoms with van der Waals surface area (Å²) in [4.78, 5) is 4.24. The van der Waals surface area contributed by atoms with E-state index in [4.69, 9.17) is 5.26 Å². The first-order chi connectivity index (χ1) is 9.22. The molecule has 0 saturated heterocycles. The van der Waals surface area contributed by atoms with Crippen LogP contribution in [0.15, 0.2) is 42.6 Å². The Hall–Kier alpha value is -2.34. The third-order valence-corrected chi connectivity index (χ3v) is 3.22. The lowest BCUT2D eigenvalue weighted by Crippen LogP contribution is -2.12. The van der Waals surface area contributed by atoms with Gasteiger partial charge in [-0.3, -0.25) is 0 Å². The predicted molar refractivity (Wildman–Crippen MR) is 77.0 cm³/mol. The Morgan fingerprint density at radius 2 is 2.00 bits per heavy atom. The van der Waals surface area contributed by atoms with Gasteiger partial charge in [0.2, 0.25) is 0 Å². The zero-order chi connectivity index (χ0) is 13.7. The van der Waals surface area contributed by atoms with Crippen molar-refractivity contribution in [1.82, 2.24) is 4.98 Å². The molecule has 0 saturated carbocycles. The van der Waals surface area contributed by atoms with Crippen LogP contribution in [0.25, 0.3) is 0 Å². The normalized spacial score (nSPS) is 11.6.